The predicted octanol–water partition coefficient (Wildman–Crippen LogP) is 3.44. The summed E-state index contributed by atoms with van der Waals surface area (Å²) < 4.78 is 5.73. The summed E-state index contributed by atoms with van der Waals surface area (Å²) in [6, 6.07) is 5.51. The van der Waals surface area contributed by atoms with Crippen molar-refractivity contribution in [3.63, 3.8) is 0 Å². The first-order valence-electron chi connectivity index (χ1n) is 7.01. The van der Waals surface area contributed by atoms with Gasteiger partial charge in [0.2, 0.25) is 5.88 Å². The standard InChI is InChI=1S/C15H20N4O/c1-3-6-13-18-14(17-8-4-2)10-15(19-13)20-12-7-5-9-16-11-12/h5,7,9-11H,3-4,6,8H2,1-2H3,(H,17,18,19). The van der Waals surface area contributed by atoms with Gasteiger partial charge in [0.05, 0.1) is 6.20 Å². The zero-order valence-electron chi connectivity index (χ0n) is 12.0. The third kappa shape index (κ3) is 4.19. The Morgan fingerprint density at radius 3 is 2.80 bits per heavy atom. The van der Waals surface area contributed by atoms with Gasteiger partial charge in [0.15, 0.2) is 0 Å². The molecule has 1 N–H and O–H groups in total. The van der Waals surface area contributed by atoms with Crippen LogP contribution in [0.3, 0.4) is 0 Å². The molecule has 2 aromatic heterocycles. The highest BCUT2D eigenvalue weighted by molar-refractivity contribution is 5.39. The van der Waals surface area contributed by atoms with Crippen LogP contribution in [0.5, 0.6) is 11.6 Å². The van der Waals surface area contributed by atoms with Crippen LogP contribution in [0.15, 0.2) is 30.6 Å². The first-order chi connectivity index (χ1) is 9.81. The van der Waals surface area contributed by atoms with E-state index in [2.05, 4.69) is 34.1 Å². The van der Waals surface area contributed by atoms with Gasteiger partial charge in [0.25, 0.3) is 0 Å². The molecule has 2 rings (SSSR count). The van der Waals surface area contributed by atoms with Gasteiger partial charge in [0, 0.05) is 25.2 Å². The van der Waals surface area contributed by atoms with Crippen LogP contribution >= 0.6 is 0 Å². The summed E-state index contributed by atoms with van der Waals surface area (Å²) >= 11 is 0. The first-order valence-corrected chi connectivity index (χ1v) is 7.01. The van der Waals surface area contributed by atoms with Crippen molar-refractivity contribution < 1.29 is 4.74 Å². The lowest BCUT2D eigenvalue weighted by molar-refractivity contribution is 0.456. The Kier molecular flexibility index (Phi) is 5.29. The molecule has 0 fully saturated rings. The second-order valence-corrected chi connectivity index (χ2v) is 4.48. The second kappa shape index (κ2) is 7.43. The number of pyridine rings is 1. The Morgan fingerprint density at radius 1 is 1.20 bits per heavy atom. The Balaban J connectivity index is 2.19. The summed E-state index contributed by atoms with van der Waals surface area (Å²) in [6.07, 6.45) is 6.27. The molecule has 2 heterocycles. The normalized spacial score (nSPS) is 10.3. The van der Waals surface area contributed by atoms with Gasteiger partial charge >= 0.3 is 0 Å². The van der Waals surface area contributed by atoms with E-state index < -0.39 is 0 Å². The molecule has 5 nitrogen and oxygen atoms in total. The van der Waals surface area contributed by atoms with Gasteiger partial charge in [-0.05, 0) is 25.0 Å². The van der Waals surface area contributed by atoms with Crippen molar-refractivity contribution >= 4 is 5.82 Å². The van der Waals surface area contributed by atoms with Crippen LogP contribution in [0.25, 0.3) is 0 Å². The molecule has 0 unspecified atom stereocenters. The first kappa shape index (κ1) is 14.2. The van der Waals surface area contributed by atoms with E-state index in [0.717, 1.165) is 37.4 Å². The minimum Gasteiger partial charge on any atom is -0.437 e. The Bertz CT molecular complexity index is 531. The van der Waals surface area contributed by atoms with Gasteiger partial charge in [-0.25, -0.2) is 4.98 Å². The van der Waals surface area contributed by atoms with Crippen molar-refractivity contribution in [3.8, 4) is 11.6 Å². The number of hydrogen-bond donors (Lipinski definition) is 1. The molecule has 0 aliphatic heterocycles. The minimum absolute atomic E-state index is 0.551. The monoisotopic (exact) mass is 272 g/mol. The molecule has 0 radical (unpaired) electrons. The van der Waals surface area contributed by atoms with Crippen molar-refractivity contribution in [1.82, 2.24) is 15.0 Å². The summed E-state index contributed by atoms with van der Waals surface area (Å²) in [5.41, 5.74) is 0. The number of aryl methyl sites for hydroxylation is 1. The maximum atomic E-state index is 5.73. The van der Waals surface area contributed by atoms with Crippen molar-refractivity contribution in [1.29, 1.82) is 0 Å². The van der Waals surface area contributed by atoms with Gasteiger partial charge in [0.1, 0.15) is 17.4 Å². The minimum atomic E-state index is 0.551. The summed E-state index contributed by atoms with van der Waals surface area (Å²) in [5.74, 6) is 2.84. The molecular formula is C15H20N4O. The Labute approximate surface area is 119 Å². The number of nitrogens with zero attached hydrogens (tertiary/aromatic N) is 3. The molecule has 0 amide bonds. The molecule has 0 saturated heterocycles. The van der Waals surface area contributed by atoms with E-state index in [1.165, 1.54) is 0 Å². The summed E-state index contributed by atoms with van der Waals surface area (Å²) in [4.78, 5) is 12.9. The molecular weight excluding hydrogens is 252 g/mol. The zero-order valence-corrected chi connectivity index (χ0v) is 12.0. The van der Waals surface area contributed by atoms with Gasteiger partial charge < -0.3 is 10.1 Å². The molecule has 0 aliphatic carbocycles. The second-order valence-electron chi connectivity index (χ2n) is 4.48. The largest absolute Gasteiger partial charge is 0.437 e. The molecule has 0 saturated carbocycles. The number of nitrogens with one attached hydrogen (secondary N) is 1. The smallest absolute Gasteiger partial charge is 0.224 e. The van der Waals surface area contributed by atoms with Crippen molar-refractivity contribution in [2.45, 2.75) is 33.1 Å². The van der Waals surface area contributed by atoms with Crippen molar-refractivity contribution in [2.75, 3.05) is 11.9 Å². The molecule has 0 aliphatic rings. The Hall–Kier alpha value is -2.17. The van der Waals surface area contributed by atoms with E-state index in [9.17, 15) is 0 Å². The molecule has 0 atom stereocenters. The highest BCUT2D eigenvalue weighted by atomic mass is 16.5. The number of ether oxygens (including phenoxy) is 1. The molecule has 5 heteroatoms. The van der Waals surface area contributed by atoms with Gasteiger partial charge in [-0.3, -0.25) is 4.98 Å². The van der Waals surface area contributed by atoms with Crippen LogP contribution in [0, 0.1) is 0 Å². The SMILES string of the molecule is CCCNc1cc(Oc2cccnc2)nc(CCC)n1. The highest BCUT2D eigenvalue weighted by Crippen LogP contribution is 2.21. The van der Waals surface area contributed by atoms with Gasteiger partial charge in [-0.15, -0.1) is 0 Å². The molecule has 2 aromatic rings. The van der Waals surface area contributed by atoms with Gasteiger partial charge in [-0.1, -0.05) is 13.8 Å². The van der Waals surface area contributed by atoms with Crippen LogP contribution in [-0.2, 0) is 6.42 Å². The molecule has 0 spiro atoms. The third-order valence-corrected chi connectivity index (χ3v) is 2.64. The molecule has 0 aromatic carbocycles. The fourth-order valence-corrected chi connectivity index (χ4v) is 1.73. The van der Waals surface area contributed by atoms with E-state index in [4.69, 9.17) is 4.74 Å². The van der Waals surface area contributed by atoms with E-state index >= 15 is 0 Å². The lowest BCUT2D eigenvalue weighted by Gasteiger charge is -2.09. The van der Waals surface area contributed by atoms with Crippen molar-refractivity contribution in [3.05, 3.63) is 36.4 Å². The lowest BCUT2D eigenvalue weighted by Crippen LogP contribution is -2.06. The number of rotatable bonds is 7. The highest BCUT2D eigenvalue weighted by Gasteiger charge is 2.06. The van der Waals surface area contributed by atoms with Crippen molar-refractivity contribution in [2.24, 2.45) is 0 Å². The van der Waals surface area contributed by atoms with Gasteiger partial charge in [-0.2, -0.15) is 4.98 Å². The topological polar surface area (TPSA) is 59.9 Å². The van der Waals surface area contributed by atoms with E-state index in [-0.39, 0.29) is 0 Å². The number of hydrogen-bond acceptors (Lipinski definition) is 5. The number of anilines is 1. The van der Waals surface area contributed by atoms with E-state index in [0.29, 0.717) is 11.6 Å². The Morgan fingerprint density at radius 2 is 2.10 bits per heavy atom. The molecule has 20 heavy (non-hydrogen) atoms. The maximum absolute atomic E-state index is 5.73. The molecule has 106 valence electrons. The molecule has 0 bridgehead atoms. The average Bonchev–Trinajstić information content (AvgIpc) is 2.46. The quantitative estimate of drug-likeness (QED) is 0.836. The predicted molar refractivity (Wildman–Crippen MR) is 79.1 cm³/mol. The maximum Gasteiger partial charge on any atom is 0.224 e. The fourth-order valence-electron chi connectivity index (χ4n) is 1.73. The van der Waals surface area contributed by atoms with Crippen LogP contribution in [0.4, 0.5) is 5.82 Å². The van der Waals surface area contributed by atoms with E-state index in [1.807, 2.05) is 18.2 Å². The number of aromatic nitrogens is 3. The fraction of sp³-hybridized carbons (Fsp3) is 0.400. The third-order valence-electron chi connectivity index (χ3n) is 2.64. The summed E-state index contributed by atoms with van der Waals surface area (Å²) in [6.45, 7) is 5.11. The van der Waals surface area contributed by atoms with Crippen LogP contribution in [-0.4, -0.2) is 21.5 Å². The van der Waals surface area contributed by atoms with Crippen LogP contribution in [0.1, 0.15) is 32.5 Å². The summed E-state index contributed by atoms with van der Waals surface area (Å²) in [5, 5.41) is 3.27. The van der Waals surface area contributed by atoms with Crippen LogP contribution < -0.4 is 10.1 Å². The zero-order chi connectivity index (χ0) is 14.2. The van der Waals surface area contributed by atoms with E-state index in [1.54, 1.807) is 12.4 Å². The average molecular weight is 272 g/mol. The summed E-state index contributed by atoms with van der Waals surface area (Å²) in [7, 11) is 0. The lowest BCUT2D eigenvalue weighted by atomic mass is 10.3. The van der Waals surface area contributed by atoms with Crippen LogP contribution in [0.2, 0.25) is 0 Å².